The van der Waals surface area contributed by atoms with Crippen LogP contribution >= 0.6 is 0 Å². The zero-order valence-corrected chi connectivity index (χ0v) is 11.0. The lowest BCUT2D eigenvalue weighted by molar-refractivity contribution is -0.484. The van der Waals surface area contributed by atoms with Crippen molar-refractivity contribution in [1.82, 2.24) is 19.1 Å². The van der Waals surface area contributed by atoms with E-state index in [1.165, 1.54) is 11.3 Å². The van der Waals surface area contributed by atoms with E-state index in [4.69, 9.17) is 0 Å². The summed E-state index contributed by atoms with van der Waals surface area (Å²) in [5.41, 5.74) is 6.82. The number of fused-ring (bicyclic) bond motifs is 7. The molecule has 0 spiro atoms. The van der Waals surface area contributed by atoms with Gasteiger partial charge in [0.25, 0.3) is 5.65 Å². The molecule has 5 heteroatoms. The van der Waals surface area contributed by atoms with Crippen LogP contribution in [0, 0.1) is 0 Å². The molecule has 4 aromatic heterocycles. The lowest BCUT2D eigenvalue weighted by atomic mass is 10.2. The summed E-state index contributed by atoms with van der Waals surface area (Å²) in [7, 11) is 2.08. The molecule has 0 amide bonds. The van der Waals surface area contributed by atoms with Gasteiger partial charge in [-0.1, -0.05) is 6.07 Å². The molecular formula is C15H12N5+. The highest BCUT2D eigenvalue weighted by molar-refractivity contribution is 5.81. The van der Waals surface area contributed by atoms with Crippen molar-refractivity contribution < 1.29 is 4.40 Å². The van der Waals surface area contributed by atoms with Gasteiger partial charge in [0.05, 0.1) is 12.7 Å². The molecular weight excluding hydrogens is 250 g/mol. The Morgan fingerprint density at radius 2 is 2.00 bits per heavy atom. The van der Waals surface area contributed by atoms with Crippen molar-refractivity contribution in [1.29, 1.82) is 0 Å². The lowest BCUT2D eigenvalue weighted by Crippen LogP contribution is -2.18. The second-order valence-electron chi connectivity index (χ2n) is 5.20. The first kappa shape index (κ1) is 10.1. The molecule has 0 aromatic carbocycles. The van der Waals surface area contributed by atoms with Crippen molar-refractivity contribution >= 4 is 16.8 Å². The van der Waals surface area contributed by atoms with E-state index in [1.54, 1.807) is 0 Å². The zero-order chi connectivity index (χ0) is 13.3. The van der Waals surface area contributed by atoms with E-state index in [2.05, 4.69) is 49.0 Å². The molecule has 0 N–H and O–H groups in total. The Morgan fingerprint density at radius 3 is 2.95 bits per heavy atom. The fourth-order valence-electron chi connectivity index (χ4n) is 3.24. The molecule has 0 bridgehead atoms. The first-order valence-corrected chi connectivity index (χ1v) is 6.63. The Morgan fingerprint density at radius 1 is 1.15 bits per heavy atom. The van der Waals surface area contributed by atoms with Gasteiger partial charge in [-0.15, -0.1) is 4.98 Å². The minimum Gasteiger partial charge on any atom is -0.271 e. The van der Waals surface area contributed by atoms with Gasteiger partial charge < -0.3 is 0 Å². The third-order valence-corrected chi connectivity index (χ3v) is 4.11. The molecule has 0 atom stereocenters. The quantitative estimate of drug-likeness (QED) is 0.397. The summed E-state index contributed by atoms with van der Waals surface area (Å²) in [6, 6.07) is 8.22. The largest absolute Gasteiger partial charge is 0.272 e. The van der Waals surface area contributed by atoms with Gasteiger partial charge in [0.1, 0.15) is 5.69 Å². The van der Waals surface area contributed by atoms with Gasteiger partial charge >= 0.3 is 0 Å². The van der Waals surface area contributed by atoms with Crippen LogP contribution in [-0.4, -0.2) is 19.1 Å². The van der Waals surface area contributed by atoms with Gasteiger partial charge in [0.15, 0.2) is 17.5 Å². The molecule has 1 aliphatic heterocycles. The summed E-state index contributed by atoms with van der Waals surface area (Å²) in [6.45, 7) is 0.883. The summed E-state index contributed by atoms with van der Waals surface area (Å²) >= 11 is 0. The highest BCUT2D eigenvalue weighted by Gasteiger charge is 2.31. The highest BCUT2D eigenvalue weighted by Crippen LogP contribution is 2.33. The van der Waals surface area contributed by atoms with Crippen molar-refractivity contribution in [2.75, 3.05) is 0 Å². The maximum Gasteiger partial charge on any atom is 0.272 e. The van der Waals surface area contributed by atoms with E-state index < -0.39 is 0 Å². The first-order valence-electron chi connectivity index (χ1n) is 6.63. The zero-order valence-electron chi connectivity index (χ0n) is 11.0. The summed E-state index contributed by atoms with van der Waals surface area (Å²) in [4.78, 5) is 9.07. The number of rotatable bonds is 0. The number of nitrogens with zero attached hydrogens (tertiary/aromatic N) is 5. The number of aryl methyl sites for hydroxylation is 1. The molecule has 0 aliphatic carbocycles. The van der Waals surface area contributed by atoms with E-state index in [0.717, 1.165) is 29.0 Å². The topological polar surface area (TPSA) is 39.7 Å². The monoisotopic (exact) mass is 262 g/mol. The van der Waals surface area contributed by atoms with Crippen LogP contribution in [0.15, 0.2) is 43.0 Å². The smallest absolute Gasteiger partial charge is 0.271 e. The molecule has 5 heterocycles. The van der Waals surface area contributed by atoms with Crippen molar-refractivity contribution in [2.45, 2.75) is 6.54 Å². The van der Waals surface area contributed by atoms with Gasteiger partial charge in [-0.25, -0.2) is 0 Å². The Balaban J connectivity index is 2.01. The molecule has 0 saturated carbocycles. The number of imidazole rings is 2. The van der Waals surface area contributed by atoms with Crippen molar-refractivity contribution in [3.63, 3.8) is 0 Å². The molecule has 20 heavy (non-hydrogen) atoms. The summed E-state index contributed by atoms with van der Waals surface area (Å²) in [6.07, 6.45) is 5.82. The average Bonchev–Trinajstić information content (AvgIpc) is 3.08. The van der Waals surface area contributed by atoms with Crippen LogP contribution in [-0.2, 0) is 13.6 Å². The number of hydrogen-bond acceptors (Lipinski definition) is 2. The molecule has 0 unspecified atom stereocenters. The van der Waals surface area contributed by atoms with E-state index >= 15 is 0 Å². The Hall–Kier alpha value is -2.69. The fourth-order valence-corrected chi connectivity index (χ4v) is 3.24. The van der Waals surface area contributed by atoms with Crippen molar-refractivity contribution in [2.24, 2.45) is 7.05 Å². The summed E-state index contributed by atoms with van der Waals surface area (Å²) in [5.74, 6) is 0. The molecule has 5 nitrogen and oxygen atoms in total. The van der Waals surface area contributed by atoms with Gasteiger partial charge in [-0.05, 0) is 18.2 Å². The van der Waals surface area contributed by atoms with Crippen LogP contribution < -0.4 is 4.40 Å². The summed E-state index contributed by atoms with van der Waals surface area (Å²) < 4.78 is 6.60. The fraction of sp³-hybridized carbons (Fsp3) is 0.133. The van der Waals surface area contributed by atoms with Gasteiger partial charge in [-0.2, -0.15) is 4.40 Å². The average molecular weight is 262 g/mol. The molecule has 5 rings (SSSR count). The third kappa shape index (κ3) is 1.02. The van der Waals surface area contributed by atoms with E-state index in [0.29, 0.717) is 0 Å². The second kappa shape index (κ2) is 3.25. The van der Waals surface area contributed by atoms with Crippen molar-refractivity contribution in [3.8, 4) is 11.4 Å². The van der Waals surface area contributed by atoms with E-state index in [-0.39, 0.29) is 0 Å². The van der Waals surface area contributed by atoms with E-state index in [1.807, 2.05) is 24.5 Å². The maximum absolute atomic E-state index is 4.57. The predicted octanol–water partition coefficient (Wildman–Crippen LogP) is 1.54. The van der Waals surface area contributed by atoms with Crippen LogP contribution in [0.5, 0.6) is 0 Å². The Bertz CT molecular complexity index is 992. The third-order valence-electron chi connectivity index (χ3n) is 4.11. The highest BCUT2D eigenvalue weighted by atomic mass is 15.2. The predicted molar refractivity (Wildman–Crippen MR) is 74.2 cm³/mol. The maximum atomic E-state index is 4.57. The molecule has 0 fully saturated rings. The van der Waals surface area contributed by atoms with Crippen LogP contribution in [0.3, 0.4) is 0 Å². The number of aromatic nitrogens is 5. The normalized spacial score (nSPS) is 13.1. The van der Waals surface area contributed by atoms with Crippen LogP contribution in [0.4, 0.5) is 0 Å². The number of pyridine rings is 2. The van der Waals surface area contributed by atoms with Crippen molar-refractivity contribution in [3.05, 3.63) is 48.5 Å². The molecule has 0 radical (unpaired) electrons. The van der Waals surface area contributed by atoms with Crippen LogP contribution in [0.25, 0.3) is 28.2 Å². The first-order chi connectivity index (χ1) is 9.84. The lowest BCUT2D eigenvalue weighted by Gasteiger charge is -1.94. The number of hydrogen-bond donors (Lipinski definition) is 0. The Kier molecular flexibility index (Phi) is 1.65. The van der Waals surface area contributed by atoms with Crippen LogP contribution in [0.2, 0.25) is 0 Å². The minimum atomic E-state index is 0.883. The second-order valence-corrected chi connectivity index (χ2v) is 5.20. The SMILES string of the molecule is Cn1c2cccnc2[n+]2cn3c(c12)-c1ncccc1C3. The standard InChI is InChI=1S/C15H12N5/c1-18-11-5-3-7-17-14(11)20-9-19-8-10-4-2-6-16-12(10)13(19)15(18)20/h2-7,9H,8H2,1H3/q+1. The van der Waals surface area contributed by atoms with Gasteiger partial charge in [0.2, 0.25) is 5.65 Å². The Labute approximate surface area is 114 Å². The molecule has 0 saturated heterocycles. The molecule has 4 aromatic rings. The molecule has 96 valence electrons. The molecule has 1 aliphatic rings. The summed E-state index contributed by atoms with van der Waals surface area (Å²) in [5, 5.41) is 0. The van der Waals surface area contributed by atoms with Gasteiger partial charge in [0, 0.05) is 18.8 Å². The van der Waals surface area contributed by atoms with E-state index in [9.17, 15) is 0 Å². The van der Waals surface area contributed by atoms with Crippen LogP contribution in [0.1, 0.15) is 5.56 Å². The minimum absolute atomic E-state index is 0.883. The van der Waals surface area contributed by atoms with Gasteiger partial charge in [-0.3, -0.25) is 14.1 Å².